The van der Waals surface area contributed by atoms with Gasteiger partial charge in [-0.15, -0.1) is 11.8 Å². The Hall–Kier alpha value is -2.02. The molecule has 6 heteroatoms. The van der Waals surface area contributed by atoms with Crippen molar-refractivity contribution in [2.75, 3.05) is 26.1 Å². The maximum absolute atomic E-state index is 13.8. The predicted molar refractivity (Wildman–Crippen MR) is 119 cm³/mol. The van der Waals surface area contributed by atoms with Crippen LogP contribution in [0, 0.1) is 0 Å². The lowest BCUT2D eigenvalue weighted by atomic mass is 10.0. The van der Waals surface area contributed by atoms with Crippen molar-refractivity contribution in [1.29, 1.82) is 0 Å². The third-order valence-corrected chi connectivity index (χ3v) is 6.49. The van der Waals surface area contributed by atoms with Crippen molar-refractivity contribution in [2.45, 2.75) is 49.3 Å². The summed E-state index contributed by atoms with van der Waals surface area (Å²) < 4.78 is 11.5. The van der Waals surface area contributed by atoms with Crippen LogP contribution >= 0.6 is 11.8 Å². The van der Waals surface area contributed by atoms with Crippen LogP contribution in [0.25, 0.3) is 0 Å². The average Bonchev–Trinajstić information content (AvgIpc) is 2.82. The molecule has 29 heavy (non-hydrogen) atoms. The second-order valence-electron chi connectivity index (χ2n) is 7.69. The Kier molecular flexibility index (Phi) is 6.88. The molecule has 1 aliphatic heterocycles. The normalized spacial score (nSPS) is 20.6. The van der Waals surface area contributed by atoms with E-state index in [9.17, 15) is 4.79 Å². The number of hydrogen-bond donors (Lipinski definition) is 0. The lowest BCUT2D eigenvalue weighted by Crippen LogP contribution is -2.51. The van der Waals surface area contributed by atoms with Gasteiger partial charge in [-0.3, -0.25) is 14.6 Å². The molecular weight excluding hydrogens is 384 g/mol. The van der Waals surface area contributed by atoms with Crippen LogP contribution in [0.5, 0.6) is 5.75 Å². The summed E-state index contributed by atoms with van der Waals surface area (Å²) in [5.41, 5.74) is 1.97. The molecule has 0 aliphatic carbocycles. The topological polar surface area (TPSA) is 42.0 Å². The summed E-state index contributed by atoms with van der Waals surface area (Å²) in [5, 5.41) is -0.156. The largest absolute Gasteiger partial charge is 0.497 e. The first-order valence-corrected chi connectivity index (χ1v) is 10.8. The van der Waals surface area contributed by atoms with Gasteiger partial charge in [-0.05, 0) is 64.7 Å². The van der Waals surface area contributed by atoms with Gasteiger partial charge < -0.3 is 9.47 Å². The molecule has 0 saturated carbocycles. The van der Waals surface area contributed by atoms with Crippen LogP contribution in [0.1, 0.15) is 31.6 Å². The molecule has 1 amide bonds. The fourth-order valence-corrected chi connectivity index (χ4v) is 4.73. The number of anilines is 1. The van der Waals surface area contributed by atoms with Crippen molar-refractivity contribution in [2.24, 2.45) is 0 Å². The molecular formula is C23H30N2O3S. The minimum absolute atomic E-state index is 0.0156. The maximum atomic E-state index is 13.8. The van der Waals surface area contributed by atoms with Gasteiger partial charge in [0.25, 0.3) is 5.91 Å². The zero-order chi connectivity index (χ0) is 21.1. The highest BCUT2D eigenvalue weighted by molar-refractivity contribution is 7.99. The molecule has 0 aromatic heterocycles. The number of ether oxygens (including phenoxy) is 2. The first-order chi connectivity index (χ1) is 13.8. The Morgan fingerprint density at radius 1 is 1.03 bits per heavy atom. The second-order valence-corrected chi connectivity index (χ2v) is 8.87. The molecule has 1 unspecified atom stereocenters. The van der Waals surface area contributed by atoms with E-state index in [-0.39, 0.29) is 23.4 Å². The smallest absolute Gasteiger partial charge is 0.259 e. The number of amides is 1. The van der Waals surface area contributed by atoms with Crippen molar-refractivity contribution < 1.29 is 14.3 Å². The summed E-state index contributed by atoms with van der Waals surface area (Å²) in [6.07, 6.45) is -0.761. The number of fused-ring (bicyclic) bond motifs is 1. The highest BCUT2D eigenvalue weighted by Crippen LogP contribution is 2.47. The third-order valence-electron chi connectivity index (χ3n) is 5.12. The van der Waals surface area contributed by atoms with E-state index < -0.39 is 6.10 Å². The number of benzene rings is 2. The Labute approximate surface area is 178 Å². The summed E-state index contributed by atoms with van der Waals surface area (Å²) in [6, 6.07) is 16.0. The van der Waals surface area contributed by atoms with Crippen molar-refractivity contribution in [1.82, 2.24) is 4.90 Å². The van der Waals surface area contributed by atoms with Crippen LogP contribution in [0.3, 0.4) is 0 Å². The Bertz CT molecular complexity index is 838. The van der Waals surface area contributed by atoms with E-state index in [1.54, 1.807) is 18.9 Å². The van der Waals surface area contributed by atoms with Gasteiger partial charge in [0.05, 0.1) is 30.3 Å². The molecule has 3 rings (SSSR count). The maximum Gasteiger partial charge on any atom is 0.259 e. The molecule has 3 atom stereocenters. The molecule has 0 spiro atoms. The summed E-state index contributed by atoms with van der Waals surface area (Å²) in [5.74, 6) is 0.779. The summed E-state index contributed by atoms with van der Waals surface area (Å²) in [6.45, 7) is 5.99. The molecule has 0 radical (unpaired) electrons. The molecule has 5 nitrogen and oxygen atoms in total. The summed E-state index contributed by atoms with van der Waals surface area (Å²) in [4.78, 5) is 18.8. The lowest BCUT2D eigenvalue weighted by Gasteiger charge is -2.36. The number of carbonyl (C=O) groups excluding carboxylic acids is 1. The average molecular weight is 415 g/mol. The standard InChI is InChI=1S/C23H30N2O3S/c1-15(2)28-21-22(17-11-13-18(27-6)14-12-17)29-20-10-8-7-9-19(20)25(23(21)26)16(3)24(4)5/h7-16,21-22H,1-6H3/t16?,21-,22+/m1/s1. The van der Waals surface area contributed by atoms with Gasteiger partial charge in [0.15, 0.2) is 6.10 Å². The second kappa shape index (κ2) is 9.20. The minimum Gasteiger partial charge on any atom is -0.497 e. The van der Waals surface area contributed by atoms with Crippen molar-refractivity contribution in [3.8, 4) is 5.75 Å². The highest BCUT2D eigenvalue weighted by Gasteiger charge is 2.41. The first kappa shape index (κ1) is 21.7. The van der Waals surface area contributed by atoms with Gasteiger partial charge in [0.1, 0.15) is 5.75 Å². The Morgan fingerprint density at radius 3 is 2.28 bits per heavy atom. The van der Waals surface area contributed by atoms with Crippen LogP contribution in [-0.2, 0) is 9.53 Å². The van der Waals surface area contributed by atoms with E-state index in [0.29, 0.717) is 0 Å². The van der Waals surface area contributed by atoms with Gasteiger partial charge >= 0.3 is 0 Å². The van der Waals surface area contributed by atoms with Crippen LogP contribution in [0.15, 0.2) is 53.4 Å². The van der Waals surface area contributed by atoms with Gasteiger partial charge in [-0.2, -0.15) is 0 Å². The first-order valence-electron chi connectivity index (χ1n) is 9.88. The number of nitrogens with zero attached hydrogens (tertiary/aromatic N) is 2. The number of methoxy groups -OCH3 is 1. The van der Waals surface area contributed by atoms with Crippen LogP contribution in [0.2, 0.25) is 0 Å². The Balaban J connectivity index is 2.12. The van der Waals surface area contributed by atoms with Crippen molar-refractivity contribution in [3.05, 3.63) is 54.1 Å². The summed E-state index contributed by atoms with van der Waals surface area (Å²) in [7, 11) is 5.62. The van der Waals surface area contributed by atoms with E-state index in [2.05, 4.69) is 6.07 Å². The van der Waals surface area contributed by atoms with E-state index in [4.69, 9.17) is 9.47 Å². The third kappa shape index (κ3) is 4.60. The van der Waals surface area contributed by atoms with E-state index >= 15 is 0 Å². The number of rotatable bonds is 6. The molecule has 156 valence electrons. The van der Waals surface area contributed by atoms with Gasteiger partial charge in [-0.1, -0.05) is 24.3 Å². The molecule has 0 fully saturated rings. The van der Waals surface area contributed by atoms with Crippen molar-refractivity contribution >= 4 is 23.4 Å². The molecule has 1 aliphatic rings. The lowest BCUT2D eigenvalue weighted by molar-refractivity contribution is -0.134. The minimum atomic E-state index is -0.594. The Morgan fingerprint density at radius 2 is 1.69 bits per heavy atom. The highest BCUT2D eigenvalue weighted by atomic mass is 32.2. The van der Waals surface area contributed by atoms with Gasteiger partial charge in [0.2, 0.25) is 0 Å². The van der Waals surface area contributed by atoms with E-state index in [0.717, 1.165) is 21.9 Å². The zero-order valence-corrected chi connectivity index (χ0v) is 18.8. The monoisotopic (exact) mass is 414 g/mol. The fourth-order valence-electron chi connectivity index (χ4n) is 3.42. The molecule has 0 saturated heterocycles. The number of carbonyl (C=O) groups is 1. The SMILES string of the molecule is COc1ccc([C@@H]2Sc3ccccc3N(C(C)N(C)C)C(=O)[C@@H]2OC(C)C)cc1. The molecule has 2 aromatic rings. The van der Waals surface area contributed by atoms with Crippen LogP contribution in [0.4, 0.5) is 5.69 Å². The quantitative estimate of drug-likeness (QED) is 0.692. The van der Waals surface area contributed by atoms with Crippen LogP contribution < -0.4 is 9.64 Å². The predicted octanol–water partition coefficient (Wildman–Crippen LogP) is 4.58. The molecule has 0 bridgehead atoms. The van der Waals surface area contributed by atoms with E-state index in [1.165, 1.54) is 0 Å². The molecule has 1 heterocycles. The fraction of sp³-hybridized carbons (Fsp3) is 0.435. The zero-order valence-electron chi connectivity index (χ0n) is 18.0. The summed E-state index contributed by atoms with van der Waals surface area (Å²) >= 11 is 1.68. The molecule has 0 N–H and O–H groups in total. The van der Waals surface area contributed by atoms with Crippen LogP contribution in [-0.4, -0.2) is 50.4 Å². The van der Waals surface area contributed by atoms with Gasteiger partial charge in [-0.25, -0.2) is 0 Å². The van der Waals surface area contributed by atoms with Crippen molar-refractivity contribution in [3.63, 3.8) is 0 Å². The number of para-hydroxylation sites is 1. The molecule has 2 aromatic carbocycles. The number of thioether (sulfide) groups is 1. The van der Waals surface area contributed by atoms with E-state index in [1.807, 2.05) is 87.1 Å². The number of hydrogen-bond acceptors (Lipinski definition) is 5. The van der Waals surface area contributed by atoms with Gasteiger partial charge in [0, 0.05) is 4.90 Å².